The summed E-state index contributed by atoms with van der Waals surface area (Å²) in [6.07, 6.45) is 6.11. The van der Waals surface area contributed by atoms with E-state index in [0.717, 1.165) is 13.0 Å². The van der Waals surface area contributed by atoms with Crippen molar-refractivity contribution < 1.29 is 5.11 Å². The lowest BCUT2D eigenvalue weighted by Gasteiger charge is -2.25. The van der Waals surface area contributed by atoms with E-state index in [1.54, 1.807) is 0 Å². The van der Waals surface area contributed by atoms with Crippen LogP contribution in [0.25, 0.3) is 0 Å². The van der Waals surface area contributed by atoms with Crippen molar-refractivity contribution >= 4 is 11.8 Å². The Morgan fingerprint density at radius 2 is 2.14 bits per heavy atom. The Bertz CT molecular complexity index is 171. The van der Waals surface area contributed by atoms with Gasteiger partial charge < -0.3 is 10.4 Å². The summed E-state index contributed by atoms with van der Waals surface area (Å²) < 4.78 is 0. The maximum Gasteiger partial charge on any atom is 0.0580 e. The van der Waals surface area contributed by atoms with Crippen molar-refractivity contribution in [2.24, 2.45) is 5.92 Å². The first-order valence-corrected chi connectivity index (χ1v) is 7.01. The number of hydrogen-bond donors (Lipinski definition) is 2. The summed E-state index contributed by atoms with van der Waals surface area (Å²) in [7, 11) is 0. The van der Waals surface area contributed by atoms with Gasteiger partial charge in [-0.3, -0.25) is 0 Å². The summed E-state index contributed by atoms with van der Waals surface area (Å²) in [5.41, 5.74) is 0. The molecule has 0 amide bonds. The van der Waals surface area contributed by atoms with Crippen LogP contribution in [0.2, 0.25) is 0 Å². The Hall–Kier alpha value is 0.270. The Morgan fingerprint density at radius 1 is 1.21 bits per heavy atom. The van der Waals surface area contributed by atoms with E-state index < -0.39 is 0 Å². The molecule has 1 saturated carbocycles. The van der Waals surface area contributed by atoms with Crippen molar-refractivity contribution in [3.8, 4) is 0 Å². The fraction of sp³-hybridized carbons (Fsp3) is 1.00. The molecule has 2 N–H and O–H groups in total. The van der Waals surface area contributed by atoms with Gasteiger partial charge in [0, 0.05) is 18.3 Å². The number of aliphatic hydroxyl groups excluding tert-OH is 1. The summed E-state index contributed by atoms with van der Waals surface area (Å²) in [5.74, 6) is 3.13. The highest BCUT2D eigenvalue weighted by molar-refractivity contribution is 7.99. The van der Waals surface area contributed by atoms with Crippen LogP contribution in [0.1, 0.15) is 32.1 Å². The SMILES string of the molecule is OC1CCCC1CNC1CCCSC1. The molecule has 1 saturated heterocycles. The van der Waals surface area contributed by atoms with Crippen LogP contribution >= 0.6 is 11.8 Å². The standard InChI is InChI=1S/C11H21NOS/c13-11-5-1-3-9(11)7-12-10-4-2-6-14-8-10/h9-13H,1-8H2. The van der Waals surface area contributed by atoms with Crippen molar-refractivity contribution in [3.05, 3.63) is 0 Å². The molecule has 0 aromatic heterocycles. The maximum absolute atomic E-state index is 9.67. The van der Waals surface area contributed by atoms with Crippen molar-refractivity contribution in [2.75, 3.05) is 18.1 Å². The minimum absolute atomic E-state index is 0.0289. The second-order valence-corrected chi connectivity index (χ2v) is 5.73. The largest absolute Gasteiger partial charge is 0.393 e. The molecule has 1 aliphatic heterocycles. The molecule has 0 radical (unpaired) electrons. The fourth-order valence-corrected chi connectivity index (χ4v) is 3.58. The lowest BCUT2D eigenvalue weighted by atomic mass is 10.1. The van der Waals surface area contributed by atoms with Gasteiger partial charge in [0.15, 0.2) is 0 Å². The summed E-state index contributed by atoms with van der Waals surface area (Å²) in [6.45, 7) is 1.03. The molecular formula is C11H21NOS. The molecule has 2 aliphatic rings. The van der Waals surface area contributed by atoms with E-state index in [4.69, 9.17) is 0 Å². The minimum Gasteiger partial charge on any atom is -0.393 e. The molecule has 3 unspecified atom stereocenters. The van der Waals surface area contributed by atoms with E-state index in [1.165, 1.54) is 37.2 Å². The van der Waals surface area contributed by atoms with Crippen LogP contribution in [0.3, 0.4) is 0 Å². The number of aliphatic hydroxyl groups is 1. The molecule has 1 heterocycles. The molecule has 3 heteroatoms. The highest BCUT2D eigenvalue weighted by atomic mass is 32.2. The molecule has 0 spiro atoms. The topological polar surface area (TPSA) is 32.3 Å². The Balaban J connectivity index is 1.65. The zero-order valence-corrected chi connectivity index (χ0v) is 9.56. The van der Waals surface area contributed by atoms with Crippen LogP contribution in [0.4, 0.5) is 0 Å². The lowest BCUT2D eigenvalue weighted by Crippen LogP contribution is -2.38. The molecule has 0 aromatic rings. The average Bonchev–Trinajstić information content (AvgIpc) is 2.63. The maximum atomic E-state index is 9.67. The van der Waals surface area contributed by atoms with Crippen molar-refractivity contribution in [1.82, 2.24) is 5.32 Å². The monoisotopic (exact) mass is 215 g/mol. The normalized spacial score (nSPS) is 38.8. The van der Waals surface area contributed by atoms with Crippen LogP contribution in [0.15, 0.2) is 0 Å². The van der Waals surface area contributed by atoms with E-state index in [2.05, 4.69) is 17.1 Å². The molecular weight excluding hydrogens is 194 g/mol. The van der Waals surface area contributed by atoms with Crippen LogP contribution in [0, 0.1) is 5.92 Å². The third-order valence-corrected chi connectivity index (χ3v) is 4.66. The van der Waals surface area contributed by atoms with E-state index in [-0.39, 0.29) is 6.10 Å². The van der Waals surface area contributed by atoms with Gasteiger partial charge in [-0.2, -0.15) is 11.8 Å². The third-order valence-electron chi connectivity index (χ3n) is 3.45. The third kappa shape index (κ3) is 2.88. The molecule has 2 rings (SSSR count). The minimum atomic E-state index is -0.0289. The summed E-state index contributed by atoms with van der Waals surface area (Å²) in [6, 6.07) is 0.710. The Labute approximate surface area is 90.8 Å². The second-order valence-electron chi connectivity index (χ2n) is 4.58. The highest BCUT2D eigenvalue weighted by Crippen LogP contribution is 2.25. The Morgan fingerprint density at radius 3 is 2.79 bits per heavy atom. The molecule has 0 bridgehead atoms. The van der Waals surface area contributed by atoms with Crippen LogP contribution in [-0.4, -0.2) is 35.3 Å². The first-order valence-electron chi connectivity index (χ1n) is 5.85. The molecule has 2 fully saturated rings. The summed E-state index contributed by atoms with van der Waals surface area (Å²) >= 11 is 2.06. The lowest BCUT2D eigenvalue weighted by molar-refractivity contribution is 0.130. The van der Waals surface area contributed by atoms with Crippen molar-refractivity contribution in [3.63, 3.8) is 0 Å². The van der Waals surface area contributed by atoms with Crippen LogP contribution < -0.4 is 5.32 Å². The van der Waals surface area contributed by atoms with Crippen molar-refractivity contribution in [1.29, 1.82) is 0 Å². The van der Waals surface area contributed by atoms with Crippen LogP contribution in [0.5, 0.6) is 0 Å². The van der Waals surface area contributed by atoms with Gasteiger partial charge in [0.2, 0.25) is 0 Å². The van der Waals surface area contributed by atoms with Gasteiger partial charge in [0.25, 0.3) is 0 Å². The molecule has 2 nitrogen and oxygen atoms in total. The first-order chi connectivity index (χ1) is 6.86. The highest BCUT2D eigenvalue weighted by Gasteiger charge is 2.25. The van der Waals surface area contributed by atoms with E-state index in [1.807, 2.05) is 0 Å². The quantitative estimate of drug-likeness (QED) is 0.750. The van der Waals surface area contributed by atoms with E-state index >= 15 is 0 Å². The second kappa shape index (κ2) is 5.38. The molecule has 0 aromatic carbocycles. The molecule has 14 heavy (non-hydrogen) atoms. The van der Waals surface area contributed by atoms with E-state index in [9.17, 15) is 5.11 Å². The zero-order valence-electron chi connectivity index (χ0n) is 8.74. The number of rotatable bonds is 3. The molecule has 1 aliphatic carbocycles. The predicted molar refractivity (Wildman–Crippen MR) is 61.7 cm³/mol. The number of thioether (sulfide) groups is 1. The Kier molecular flexibility index (Phi) is 4.14. The number of nitrogens with one attached hydrogen (secondary N) is 1. The number of hydrogen-bond acceptors (Lipinski definition) is 3. The summed E-state index contributed by atoms with van der Waals surface area (Å²) in [5, 5.41) is 13.3. The average molecular weight is 215 g/mol. The molecule has 3 atom stereocenters. The van der Waals surface area contributed by atoms with Crippen molar-refractivity contribution in [2.45, 2.75) is 44.2 Å². The van der Waals surface area contributed by atoms with E-state index in [0.29, 0.717) is 12.0 Å². The van der Waals surface area contributed by atoms with Gasteiger partial charge in [-0.05, 0) is 37.4 Å². The van der Waals surface area contributed by atoms with Gasteiger partial charge in [-0.25, -0.2) is 0 Å². The van der Waals surface area contributed by atoms with Gasteiger partial charge in [-0.15, -0.1) is 0 Å². The predicted octanol–water partition coefficient (Wildman–Crippen LogP) is 1.63. The van der Waals surface area contributed by atoms with Gasteiger partial charge >= 0.3 is 0 Å². The fourth-order valence-electron chi connectivity index (χ4n) is 2.48. The summed E-state index contributed by atoms with van der Waals surface area (Å²) in [4.78, 5) is 0. The molecule has 82 valence electrons. The van der Waals surface area contributed by atoms with Crippen LogP contribution in [-0.2, 0) is 0 Å². The van der Waals surface area contributed by atoms with Gasteiger partial charge in [0.05, 0.1) is 6.10 Å². The smallest absolute Gasteiger partial charge is 0.0580 e. The first kappa shape index (κ1) is 10.8. The van der Waals surface area contributed by atoms with Gasteiger partial charge in [0.1, 0.15) is 0 Å². The zero-order chi connectivity index (χ0) is 9.80. The van der Waals surface area contributed by atoms with Gasteiger partial charge in [-0.1, -0.05) is 6.42 Å².